The van der Waals surface area contributed by atoms with Crippen molar-refractivity contribution in [2.45, 2.75) is 19.7 Å². The third-order valence-electron chi connectivity index (χ3n) is 2.05. The highest BCUT2D eigenvalue weighted by molar-refractivity contribution is 5.77. The minimum atomic E-state index is -1.59. The van der Waals surface area contributed by atoms with Crippen molar-refractivity contribution in [3.05, 3.63) is 29.3 Å². The fourth-order valence-corrected chi connectivity index (χ4v) is 1.25. The molecule has 0 aliphatic heterocycles. The molecular weight excluding hydrogens is 215 g/mol. The van der Waals surface area contributed by atoms with E-state index in [1.807, 2.05) is 0 Å². The summed E-state index contributed by atoms with van der Waals surface area (Å²) in [5.74, 6) is -1.13. The number of carbonyl (C=O) groups excluding carboxylic acids is 1. The van der Waals surface area contributed by atoms with Gasteiger partial charge in [-0.25, -0.2) is 9.18 Å². The molecule has 0 aromatic heterocycles. The van der Waals surface area contributed by atoms with Crippen LogP contribution in [0.4, 0.5) is 4.39 Å². The molecule has 0 saturated carbocycles. The maximum atomic E-state index is 12.4. The quantitative estimate of drug-likeness (QED) is 0.765. The van der Waals surface area contributed by atoms with Gasteiger partial charge in [-0.3, -0.25) is 0 Å². The zero-order chi connectivity index (χ0) is 12.1. The van der Waals surface area contributed by atoms with E-state index < -0.39 is 18.7 Å². The molecule has 4 nitrogen and oxygen atoms in total. The second-order valence-electron chi connectivity index (χ2n) is 3.18. The van der Waals surface area contributed by atoms with Gasteiger partial charge in [-0.05, 0) is 24.6 Å². The van der Waals surface area contributed by atoms with Crippen LogP contribution < -0.4 is 0 Å². The minimum Gasteiger partial charge on any atom is -0.508 e. The van der Waals surface area contributed by atoms with Crippen LogP contribution >= 0.6 is 0 Å². The average molecular weight is 228 g/mol. The van der Waals surface area contributed by atoms with Gasteiger partial charge in [0, 0.05) is 5.56 Å². The predicted octanol–water partition coefficient (Wildman–Crippen LogP) is 1.46. The number of halogens is 1. The van der Waals surface area contributed by atoms with E-state index in [0.29, 0.717) is 0 Å². The first kappa shape index (κ1) is 12.4. The van der Waals surface area contributed by atoms with Crippen molar-refractivity contribution in [2.75, 3.05) is 6.61 Å². The number of hydrogen-bond acceptors (Lipinski definition) is 4. The lowest BCUT2D eigenvalue weighted by Crippen LogP contribution is -2.15. The van der Waals surface area contributed by atoms with Crippen LogP contribution in [0.25, 0.3) is 0 Å². The van der Waals surface area contributed by atoms with Crippen LogP contribution in [0, 0.1) is 0 Å². The number of phenols is 1. The van der Waals surface area contributed by atoms with Gasteiger partial charge in [0.25, 0.3) is 0 Å². The monoisotopic (exact) mass is 228 g/mol. The molecule has 2 N–H and O–H groups in total. The Balaban J connectivity index is 2.97. The topological polar surface area (TPSA) is 66.8 Å². The Morgan fingerprint density at radius 3 is 2.81 bits per heavy atom. The fourth-order valence-electron chi connectivity index (χ4n) is 1.25. The van der Waals surface area contributed by atoms with Crippen molar-refractivity contribution in [1.29, 1.82) is 0 Å². The maximum absolute atomic E-state index is 12.4. The number of aliphatic hydroxyl groups is 1. The van der Waals surface area contributed by atoms with Crippen molar-refractivity contribution in [3.63, 3.8) is 0 Å². The van der Waals surface area contributed by atoms with Crippen molar-refractivity contribution in [3.8, 4) is 5.75 Å². The van der Waals surface area contributed by atoms with E-state index in [2.05, 4.69) is 4.74 Å². The molecule has 1 unspecified atom stereocenters. The van der Waals surface area contributed by atoms with Gasteiger partial charge >= 0.3 is 5.97 Å². The van der Waals surface area contributed by atoms with Gasteiger partial charge < -0.3 is 14.9 Å². The summed E-state index contributed by atoms with van der Waals surface area (Å²) in [6.07, 6.45) is -1.59. The molecular formula is C11H13FO4. The first-order chi connectivity index (χ1) is 7.60. The molecule has 0 amide bonds. The lowest BCUT2D eigenvalue weighted by molar-refractivity contribution is -0.153. The highest BCUT2D eigenvalue weighted by Crippen LogP contribution is 2.26. The Morgan fingerprint density at radius 1 is 1.56 bits per heavy atom. The zero-order valence-electron chi connectivity index (χ0n) is 8.81. The Labute approximate surface area is 92.3 Å². The van der Waals surface area contributed by atoms with Crippen LogP contribution in [0.5, 0.6) is 5.75 Å². The molecule has 1 aromatic rings. The Morgan fingerprint density at radius 2 is 2.25 bits per heavy atom. The molecule has 0 bridgehead atoms. The summed E-state index contributed by atoms with van der Waals surface area (Å²) in [5, 5.41) is 19.0. The van der Waals surface area contributed by atoms with Gasteiger partial charge in [-0.2, -0.15) is 0 Å². The summed E-state index contributed by atoms with van der Waals surface area (Å²) < 4.78 is 17.0. The molecule has 16 heavy (non-hydrogen) atoms. The van der Waals surface area contributed by atoms with Gasteiger partial charge in [0.05, 0.1) is 6.61 Å². The number of aromatic hydroxyl groups is 1. The highest BCUT2D eigenvalue weighted by atomic mass is 19.1. The molecule has 0 heterocycles. The number of ether oxygens (including phenoxy) is 1. The van der Waals surface area contributed by atoms with Crippen LogP contribution in [0.3, 0.4) is 0 Å². The molecule has 0 aliphatic rings. The standard InChI is InChI=1S/C11H13FO4/c1-2-16-11(15)10(14)8-5-7(6-12)3-4-9(8)13/h3-5,10,13-14H,2,6H2,1H3. The summed E-state index contributed by atoms with van der Waals surface area (Å²) >= 11 is 0. The van der Waals surface area contributed by atoms with Crippen molar-refractivity contribution >= 4 is 5.97 Å². The summed E-state index contributed by atoms with van der Waals surface area (Å²) in [7, 11) is 0. The molecule has 5 heteroatoms. The summed E-state index contributed by atoms with van der Waals surface area (Å²) in [4.78, 5) is 11.2. The third-order valence-corrected chi connectivity index (χ3v) is 2.05. The lowest BCUT2D eigenvalue weighted by atomic mass is 10.1. The Bertz CT molecular complexity index is 378. The molecule has 0 saturated heterocycles. The van der Waals surface area contributed by atoms with Crippen LogP contribution in [0.15, 0.2) is 18.2 Å². The molecule has 1 atom stereocenters. The van der Waals surface area contributed by atoms with E-state index >= 15 is 0 Å². The summed E-state index contributed by atoms with van der Waals surface area (Å²) in [6, 6.07) is 3.83. The van der Waals surface area contributed by atoms with Gasteiger partial charge in [-0.15, -0.1) is 0 Å². The van der Waals surface area contributed by atoms with Crippen molar-refractivity contribution < 1.29 is 24.1 Å². The fraction of sp³-hybridized carbons (Fsp3) is 0.364. The van der Waals surface area contributed by atoms with Gasteiger partial charge in [0.2, 0.25) is 0 Å². The second-order valence-corrected chi connectivity index (χ2v) is 3.18. The smallest absolute Gasteiger partial charge is 0.339 e. The number of alkyl halides is 1. The number of benzene rings is 1. The second kappa shape index (κ2) is 5.46. The van der Waals surface area contributed by atoms with E-state index in [4.69, 9.17) is 0 Å². The third kappa shape index (κ3) is 2.70. The van der Waals surface area contributed by atoms with Crippen LogP contribution in [-0.2, 0) is 16.2 Å². The van der Waals surface area contributed by atoms with E-state index in [1.165, 1.54) is 18.2 Å². The predicted molar refractivity (Wildman–Crippen MR) is 54.5 cm³/mol. The maximum Gasteiger partial charge on any atom is 0.339 e. The van der Waals surface area contributed by atoms with Crippen LogP contribution in [0.2, 0.25) is 0 Å². The molecule has 1 aromatic carbocycles. The molecule has 0 aliphatic carbocycles. The number of carbonyl (C=O) groups is 1. The first-order valence-corrected chi connectivity index (χ1v) is 4.82. The Kier molecular flexibility index (Phi) is 4.25. The number of rotatable bonds is 4. The highest BCUT2D eigenvalue weighted by Gasteiger charge is 2.22. The van der Waals surface area contributed by atoms with Crippen molar-refractivity contribution in [2.24, 2.45) is 0 Å². The average Bonchev–Trinajstić information content (AvgIpc) is 2.29. The van der Waals surface area contributed by atoms with Crippen LogP contribution in [-0.4, -0.2) is 22.8 Å². The van der Waals surface area contributed by atoms with E-state index in [-0.39, 0.29) is 23.5 Å². The molecule has 0 radical (unpaired) electrons. The van der Waals surface area contributed by atoms with E-state index in [0.717, 1.165) is 0 Å². The Hall–Kier alpha value is -1.62. The minimum absolute atomic E-state index is 0.0476. The van der Waals surface area contributed by atoms with E-state index in [1.54, 1.807) is 6.92 Å². The summed E-state index contributed by atoms with van der Waals surface area (Å²) in [5.41, 5.74) is 0.227. The van der Waals surface area contributed by atoms with E-state index in [9.17, 15) is 19.4 Å². The molecule has 0 fully saturated rings. The molecule has 88 valence electrons. The first-order valence-electron chi connectivity index (χ1n) is 4.82. The summed E-state index contributed by atoms with van der Waals surface area (Å²) in [6.45, 7) is 0.991. The van der Waals surface area contributed by atoms with Gasteiger partial charge in [0.15, 0.2) is 6.10 Å². The SMILES string of the molecule is CCOC(=O)C(O)c1cc(CF)ccc1O. The van der Waals surface area contributed by atoms with Gasteiger partial charge in [-0.1, -0.05) is 6.07 Å². The zero-order valence-corrected chi connectivity index (χ0v) is 8.81. The number of aliphatic hydroxyl groups excluding tert-OH is 1. The molecule has 0 spiro atoms. The van der Waals surface area contributed by atoms with Gasteiger partial charge in [0.1, 0.15) is 12.4 Å². The normalized spacial score (nSPS) is 12.2. The largest absolute Gasteiger partial charge is 0.508 e. The lowest BCUT2D eigenvalue weighted by Gasteiger charge is -2.12. The molecule has 1 rings (SSSR count). The van der Waals surface area contributed by atoms with Crippen molar-refractivity contribution in [1.82, 2.24) is 0 Å². The number of hydrogen-bond donors (Lipinski definition) is 2. The van der Waals surface area contributed by atoms with Crippen LogP contribution in [0.1, 0.15) is 24.2 Å². The number of esters is 1. The number of phenolic OH excluding ortho intramolecular Hbond substituents is 1.